The number of rotatable bonds is 36. The summed E-state index contributed by atoms with van der Waals surface area (Å²) in [4.78, 5) is 107. The summed E-state index contributed by atoms with van der Waals surface area (Å²) in [7, 11) is 4.92. The van der Waals surface area contributed by atoms with E-state index in [9.17, 15) is 51.1 Å². The van der Waals surface area contributed by atoms with E-state index in [4.69, 9.17) is 41.6 Å². The van der Waals surface area contributed by atoms with Gasteiger partial charge in [-0.3, -0.25) is 53.2 Å². The number of halogens is 4. The van der Waals surface area contributed by atoms with Crippen molar-refractivity contribution >= 4 is 73.7 Å². The fourth-order valence-corrected chi connectivity index (χ4v) is 20.5. The van der Waals surface area contributed by atoms with Gasteiger partial charge in [-0.1, -0.05) is 233 Å². The predicted molar refractivity (Wildman–Crippen MR) is 574 cm³/mol. The van der Waals surface area contributed by atoms with Gasteiger partial charge in [-0.15, -0.1) is 0 Å². The van der Waals surface area contributed by atoms with Crippen LogP contribution in [0.5, 0.6) is 0 Å². The molecule has 0 aliphatic carbocycles. The molecule has 10 unspecified atom stereocenters. The zero-order chi connectivity index (χ0) is 106. The van der Waals surface area contributed by atoms with E-state index >= 15 is 0 Å². The molecule has 4 aliphatic heterocycles. The fraction of sp³-hybridized carbons (Fsp3) is 0.403. The molecule has 10 N–H and O–H groups in total. The van der Waals surface area contributed by atoms with E-state index in [1.54, 1.807) is 82.1 Å². The number of furan rings is 1. The molecule has 4 saturated heterocycles. The van der Waals surface area contributed by atoms with Crippen molar-refractivity contribution in [1.29, 1.82) is 0 Å². The molecule has 16 rings (SSSR count). The Balaban J connectivity index is 0.000000165. The van der Waals surface area contributed by atoms with Gasteiger partial charge >= 0.3 is 5.97 Å². The lowest BCUT2D eigenvalue weighted by Crippen LogP contribution is -2.62. The number of piperazine rings is 4. The van der Waals surface area contributed by atoms with E-state index in [1.807, 2.05) is 108 Å². The number of hydrogen-bond acceptors (Lipinski definition) is 19. The molecule has 0 saturated carbocycles. The van der Waals surface area contributed by atoms with Gasteiger partial charge in [0.2, 0.25) is 35.4 Å². The maximum absolute atomic E-state index is 14.3. The van der Waals surface area contributed by atoms with Crippen molar-refractivity contribution in [3.63, 3.8) is 0 Å². The molecule has 4 fully saturated rings. The SMILES string of the molecule is CC(=O)OCC(Cc1ccccc1)N1CCN(C(=O)C(N)Cc2ccc(F)cc2)C(COC(C)(C)C)C1.CCC1CN([C@@H](Cc2ccccc2F)C(=O)NC)CCN1C(=O)[C@H](N)Cc1ccc2ccccc2c1.CCCC1CN(C(Cc2ccc3ccccc3c2)C(=O)NC)CCN1C(=O)C(N)Cc1ccc(F)cc1.COCC1CN(C(Cc2ccc3ccccc3c2)c2ccco2)CCN1C(=O)C(N)Cc1ccc(F)cc1. The highest BCUT2D eigenvalue weighted by Gasteiger charge is 2.43. The molecule has 0 spiro atoms. The molecule has 1 aromatic heterocycles. The van der Waals surface area contributed by atoms with Gasteiger partial charge in [-0.05, 0) is 216 Å². The van der Waals surface area contributed by atoms with Crippen LogP contribution in [0, 0.1) is 23.3 Å². The van der Waals surface area contributed by atoms with Crippen molar-refractivity contribution in [2.75, 3.05) is 120 Å². The van der Waals surface area contributed by atoms with Crippen LogP contribution in [-0.2, 0) is 99.1 Å². The summed E-state index contributed by atoms with van der Waals surface area (Å²) in [6.45, 7) is 19.4. The number of fused-ring (bicyclic) bond motifs is 3. The van der Waals surface area contributed by atoms with Crippen molar-refractivity contribution in [2.45, 2.75) is 190 Å². The summed E-state index contributed by atoms with van der Waals surface area (Å²) in [6, 6.07) is 78.7. The van der Waals surface area contributed by atoms with Crippen LogP contribution < -0.4 is 33.6 Å². The number of amides is 6. The first kappa shape index (κ1) is 112. The molecule has 12 atom stereocenters. The number of nitrogens with one attached hydrogen (secondary N) is 2. The number of esters is 1. The normalized spacial score (nSPS) is 18.1. The van der Waals surface area contributed by atoms with Crippen molar-refractivity contribution in [1.82, 2.24) is 49.8 Å². The molecule has 786 valence electrons. The molecular formula is C119H146F4N14O11. The first-order chi connectivity index (χ1) is 71.3. The third-order valence-corrected chi connectivity index (χ3v) is 28.5. The number of benzene rings is 11. The molecule has 11 aromatic carbocycles. The molecule has 25 nitrogen and oxygen atoms in total. The molecule has 6 amide bonds. The average molecular weight is 2020 g/mol. The van der Waals surface area contributed by atoms with Gasteiger partial charge in [0.15, 0.2) is 0 Å². The molecule has 0 radical (unpaired) electrons. The lowest BCUT2D eigenvalue weighted by Gasteiger charge is -2.45. The second-order valence-electron chi connectivity index (χ2n) is 40.1. The monoisotopic (exact) mass is 2020 g/mol. The highest BCUT2D eigenvalue weighted by molar-refractivity contribution is 5.88. The first-order valence-corrected chi connectivity index (χ1v) is 51.7. The number of nitrogens with zero attached hydrogens (tertiary/aromatic N) is 8. The summed E-state index contributed by atoms with van der Waals surface area (Å²) in [5, 5.41) is 12.6. The molecule has 4 aliphatic rings. The van der Waals surface area contributed by atoms with Crippen LogP contribution in [-0.4, -0.2) is 272 Å². The standard InChI is InChI=1S/C31H34FN3O3.C30H37FN4O2.C29H35FN4O2.C29H40FN3O4/c1-37-21-27-20-34(14-15-35(27)31(36)28(33)18-22-9-12-26(32)13-10-22)29(30-7-4-16-38-30)19-23-8-11-24-5-2-3-6-25(24)17-23;1-3-6-26-20-34(15-16-35(26)30(37)27(32)18-21-10-13-25(31)14-11-21)28(29(36)33-2)19-22-9-12-23-7-4-5-8-24(23)17-22;1-3-24-19-33(27(28(35)32-2)18-23-10-6-7-11-25(23)30)14-15-34(24)29(36)26(31)17-20-12-13-21-8-4-5-9-22(21)16-20;1-21(34)36-19-25(16-22-8-6-5-7-9-22)32-14-15-33(26(18-32)20-37-29(2,3)4)28(35)27(31)17-23-10-12-24(30)13-11-23/h2-13,16-17,27-29H,14-15,18-21,33H2,1H3;4-5,7-14,17,26-28H,3,6,15-16,18-20,32H2,1-2H3,(H,33,36);4-13,16,24,26-27H,3,14-15,17-19,31H2,1-2H3,(H,32,35);5-13,25-27H,14-20,31H2,1-4H3/t;;24?,26-,27+;/m..1./s1. The minimum Gasteiger partial charge on any atom is -0.468 e. The van der Waals surface area contributed by atoms with Crippen LogP contribution in [0.4, 0.5) is 17.6 Å². The van der Waals surface area contributed by atoms with E-state index < -0.39 is 30.2 Å². The summed E-state index contributed by atoms with van der Waals surface area (Å²) in [6.07, 6.45) is 8.11. The molecular weight excluding hydrogens is 1880 g/mol. The van der Waals surface area contributed by atoms with E-state index in [2.05, 4.69) is 146 Å². The summed E-state index contributed by atoms with van der Waals surface area (Å²) >= 11 is 0. The Morgan fingerprint density at radius 3 is 1.20 bits per heavy atom. The molecule has 29 heteroatoms. The largest absolute Gasteiger partial charge is 0.468 e. The van der Waals surface area contributed by atoms with Gasteiger partial charge in [-0.2, -0.15) is 0 Å². The third-order valence-electron chi connectivity index (χ3n) is 28.5. The van der Waals surface area contributed by atoms with E-state index in [0.717, 1.165) is 87.4 Å². The third kappa shape index (κ3) is 31.8. The number of ether oxygens (including phenoxy) is 3. The van der Waals surface area contributed by atoms with Gasteiger partial charge in [0.25, 0.3) is 0 Å². The van der Waals surface area contributed by atoms with Crippen LogP contribution in [0.3, 0.4) is 0 Å². The van der Waals surface area contributed by atoms with Crippen LogP contribution >= 0.6 is 0 Å². The molecule has 12 aromatic rings. The Kier molecular flexibility index (Phi) is 41.6. The van der Waals surface area contributed by atoms with E-state index in [1.165, 1.54) is 71.1 Å². The Morgan fingerprint density at radius 1 is 0.392 bits per heavy atom. The summed E-state index contributed by atoms with van der Waals surface area (Å²) in [5.41, 5.74) is 32.6. The highest BCUT2D eigenvalue weighted by atomic mass is 19.1. The van der Waals surface area contributed by atoms with Crippen LogP contribution in [0.15, 0.2) is 278 Å². The number of likely N-dealkylation sites (N-methyl/N-ethyl adjacent to an activating group) is 2. The smallest absolute Gasteiger partial charge is 0.302 e. The lowest BCUT2D eigenvalue weighted by atomic mass is 9.97. The first-order valence-electron chi connectivity index (χ1n) is 51.7. The van der Waals surface area contributed by atoms with Gasteiger partial charge in [0.1, 0.15) is 35.6 Å². The predicted octanol–water partition coefficient (Wildman–Crippen LogP) is 14.4. The van der Waals surface area contributed by atoms with E-state index in [-0.39, 0.29) is 126 Å². The molecule has 5 heterocycles. The molecule has 148 heavy (non-hydrogen) atoms. The fourth-order valence-electron chi connectivity index (χ4n) is 20.5. The zero-order valence-corrected chi connectivity index (χ0v) is 86.7. The average Bonchev–Trinajstić information content (AvgIpc) is 1.17. The Bertz CT molecular complexity index is 6290. The van der Waals surface area contributed by atoms with Gasteiger partial charge in [0.05, 0.1) is 79.5 Å². The van der Waals surface area contributed by atoms with Gasteiger partial charge < -0.3 is 71.8 Å². The van der Waals surface area contributed by atoms with E-state index in [0.29, 0.717) is 129 Å². The lowest BCUT2D eigenvalue weighted by molar-refractivity contribution is -0.146. The van der Waals surface area contributed by atoms with Crippen LogP contribution in [0.2, 0.25) is 0 Å². The highest BCUT2D eigenvalue weighted by Crippen LogP contribution is 2.33. The molecule has 0 bridgehead atoms. The minimum atomic E-state index is -0.740. The number of carbonyl (C=O) groups is 7. The summed E-state index contributed by atoms with van der Waals surface area (Å²) < 4.78 is 77.1. The van der Waals surface area contributed by atoms with Crippen molar-refractivity contribution in [3.05, 3.63) is 347 Å². The Labute approximate surface area is 867 Å². The van der Waals surface area contributed by atoms with Gasteiger partial charge in [-0.25, -0.2) is 17.6 Å². The quantitative estimate of drug-likeness (QED) is 0.0157. The topological polar surface area (TPSA) is 314 Å². The maximum atomic E-state index is 14.3. The van der Waals surface area contributed by atoms with Crippen molar-refractivity contribution in [3.8, 4) is 0 Å². The zero-order valence-electron chi connectivity index (χ0n) is 86.7. The van der Waals surface area contributed by atoms with Crippen LogP contribution in [0.25, 0.3) is 32.3 Å². The maximum Gasteiger partial charge on any atom is 0.302 e. The number of methoxy groups -OCH3 is 1. The van der Waals surface area contributed by atoms with Crippen molar-refractivity contribution < 1.29 is 69.8 Å². The second kappa shape index (κ2) is 54.9. The second-order valence-corrected chi connectivity index (χ2v) is 40.1. The number of hydrogen-bond donors (Lipinski definition) is 6. The van der Waals surface area contributed by atoms with Crippen LogP contribution in [0.1, 0.15) is 117 Å². The minimum absolute atomic E-state index is 0.0174. The Morgan fingerprint density at radius 2 is 0.764 bits per heavy atom. The van der Waals surface area contributed by atoms with Gasteiger partial charge in [0, 0.05) is 125 Å². The number of carbonyl (C=O) groups excluding carboxylic acids is 7. The summed E-state index contributed by atoms with van der Waals surface area (Å²) in [5.74, 6) is -1.24. The Hall–Kier alpha value is -12.9. The van der Waals surface area contributed by atoms with Crippen molar-refractivity contribution in [2.24, 2.45) is 22.9 Å². The number of nitrogens with two attached hydrogens (primary N) is 4.